The maximum Gasteiger partial charge on any atom is 0.0434 e. The van der Waals surface area contributed by atoms with E-state index in [-0.39, 0.29) is 0 Å². The summed E-state index contributed by atoms with van der Waals surface area (Å²) in [6.07, 6.45) is 8.99. The zero-order chi connectivity index (χ0) is 12.8. The van der Waals surface area contributed by atoms with Crippen LogP contribution in [0.4, 0.5) is 0 Å². The molecule has 106 valence electrons. The van der Waals surface area contributed by atoms with Crippen LogP contribution < -0.4 is 5.32 Å². The van der Waals surface area contributed by atoms with Crippen LogP contribution in [0.25, 0.3) is 0 Å². The fourth-order valence-corrected chi connectivity index (χ4v) is 3.61. The van der Waals surface area contributed by atoms with Crippen LogP contribution in [0.15, 0.2) is 0 Å². The lowest BCUT2D eigenvalue weighted by Crippen LogP contribution is -2.41. The number of nitrogens with zero attached hydrogens (tertiary/aromatic N) is 1. The highest BCUT2D eigenvalue weighted by molar-refractivity contribution is 4.86. The van der Waals surface area contributed by atoms with Crippen LogP contribution in [-0.2, 0) is 0 Å². The van der Waals surface area contributed by atoms with Gasteiger partial charge < -0.3 is 15.3 Å². The lowest BCUT2D eigenvalue weighted by atomic mass is 9.90. The average molecular weight is 254 g/mol. The van der Waals surface area contributed by atoms with Crippen molar-refractivity contribution >= 4 is 0 Å². The monoisotopic (exact) mass is 254 g/mol. The molecule has 3 heteroatoms. The number of rotatable bonds is 6. The Kier molecular flexibility index (Phi) is 5.93. The molecule has 2 fully saturated rings. The highest BCUT2D eigenvalue weighted by Gasteiger charge is 2.30. The minimum absolute atomic E-state index is 0.367. The number of hydrogen-bond donors (Lipinski definition) is 2. The molecule has 1 atom stereocenters. The summed E-state index contributed by atoms with van der Waals surface area (Å²) in [4.78, 5) is 2.69. The van der Waals surface area contributed by atoms with E-state index in [2.05, 4.69) is 17.1 Å². The zero-order valence-electron chi connectivity index (χ0n) is 11.9. The second-order valence-electron chi connectivity index (χ2n) is 6.12. The minimum Gasteiger partial charge on any atom is -0.396 e. The number of aliphatic hydroxyl groups is 1. The molecular formula is C15H30N2O. The topological polar surface area (TPSA) is 35.5 Å². The molecule has 0 radical (unpaired) electrons. The van der Waals surface area contributed by atoms with Crippen LogP contribution in [0.2, 0.25) is 0 Å². The highest BCUT2D eigenvalue weighted by Crippen LogP contribution is 2.29. The molecule has 2 N–H and O–H groups in total. The summed E-state index contributed by atoms with van der Waals surface area (Å²) >= 11 is 0. The van der Waals surface area contributed by atoms with E-state index in [9.17, 15) is 0 Å². The first-order valence-electron chi connectivity index (χ1n) is 7.91. The summed E-state index contributed by atoms with van der Waals surface area (Å²) < 4.78 is 0. The fraction of sp³-hybridized carbons (Fsp3) is 1.00. The molecule has 0 spiro atoms. The Balaban J connectivity index is 1.67. The number of likely N-dealkylation sites (tertiary alicyclic amines) is 1. The normalized spacial score (nSPS) is 34.0. The number of hydrogen-bond acceptors (Lipinski definition) is 3. The Morgan fingerprint density at radius 3 is 2.61 bits per heavy atom. The van der Waals surface area contributed by atoms with Crippen LogP contribution in [0.1, 0.15) is 51.9 Å². The van der Waals surface area contributed by atoms with Gasteiger partial charge in [-0.1, -0.05) is 6.92 Å². The Bertz CT molecular complexity index is 227. The van der Waals surface area contributed by atoms with Gasteiger partial charge in [-0.2, -0.15) is 0 Å². The molecule has 1 aliphatic carbocycles. The predicted molar refractivity (Wildman–Crippen MR) is 75.7 cm³/mol. The lowest BCUT2D eigenvalue weighted by Gasteiger charge is -2.35. The van der Waals surface area contributed by atoms with Gasteiger partial charge in [0.1, 0.15) is 0 Å². The van der Waals surface area contributed by atoms with E-state index in [4.69, 9.17) is 5.11 Å². The maximum absolute atomic E-state index is 9.01. The first-order valence-corrected chi connectivity index (χ1v) is 7.91. The van der Waals surface area contributed by atoms with Crippen molar-refractivity contribution in [1.82, 2.24) is 10.2 Å². The van der Waals surface area contributed by atoms with Gasteiger partial charge in [0.2, 0.25) is 0 Å². The van der Waals surface area contributed by atoms with E-state index < -0.39 is 0 Å². The van der Waals surface area contributed by atoms with Crippen molar-refractivity contribution in [2.24, 2.45) is 5.92 Å². The second-order valence-corrected chi connectivity index (χ2v) is 6.12. The fourth-order valence-electron chi connectivity index (χ4n) is 3.61. The summed E-state index contributed by atoms with van der Waals surface area (Å²) in [5, 5.41) is 12.7. The third-order valence-corrected chi connectivity index (χ3v) is 4.75. The van der Waals surface area contributed by atoms with Crippen LogP contribution in [0.3, 0.4) is 0 Å². The molecule has 1 saturated carbocycles. The summed E-state index contributed by atoms with van der Waals surface area (Å²) in [6, 6.07) is 1.60. The highest BCUT2D eigenvalue weighted by atomic mass is 16.3. The molecule has 0 aromatic rings. The molecule has 3 nitrogen and oxygen atoms in total. The van der Waals surface area contributed by atoms with E-state index >= 15 is 0 Å². The molecule has 0 bridgehead atoms. The molecule has 1 unspecified atom stereocenters. The van der Waals surface area contributed by atoms with Crippen molar-refractivity contribution in [1.29, 1.82) is 0 Å². The zero-order valence-corrected chi connectivity index (χ0v) is 11.9. The molecule has 2 rings (SSSR count). The van der Waals surface area contributed by atoms with Crippen molar-refractivity contribution in [3.8, 4) is 0 Å². The van der Waals surface area contributed by atoms with E-state index in [1.807, 2.05) is 0 Å². The first kappa shape index (κ1) is 14.3. The number of nitrogens with one attached hydrogen (secondary N) is 1. The molecule has 1 aliphatic heterocycles. The van der Waals surface area contributed by atoms with Gasteiger partial charge in [0.05, 0.1) is 0 Å². The van der Waals surface area contributed by atoms with Gasteiger partial charge in [-0.25, -0.2) is 0 Å². The Morgan fingerprint density at radius 2 is 1.94 bits per heavy atom. The molecule has 0 amide bonds. The average Bonchev–Trinajstić information content (AvgIpc) is 2.86. The quantitative estimate of drug-likeness (QED) is 0.761. The molecular weight excluding hydrogens is 224 g/mol. The SMILES string of the molecule is CCCNC1CCC(N2CCC(CCO)C2)CC1. The largest absolute Gasteiger partial charge is 0.396 e. The van der Waals surface area contributed by atoms with E-state index in [0.29, 0.717) is 6.61 Å². The molecule has 0 aromatic carbocycles. The minimum atomic E-state index is 0.367. The molecule has 1 heterocycles. The third-order valence-electron chi connectivity index (χ3n) is 4.75. The molecule has 1 saturated heterocycles. The van der Waals surface area contributed by atoms with E-state index in [0.717, 1.165) is 24.4 Å². The second kappa shape index (κ2) is 7.46. The Hall–Kier alpha value is -0.120. The summed E-state index contributed by atoms with van der Waals surface area (Å²) in [7, 11) is 0. The molecule has 0 aromatic heterocycles. The van der Waals surface area contributed by atoms with Crippen molar-refractivity contribution in [3.05, 3.63) is 0 Å². The van der Waals surface area contributed by atoms with Crippen molar-refractivity contribution < 1.29 is 5.11 Å². The predicted octanol–water partition coefficient (Wildman–Crippen LogP) is 2.00. The van der Waals surface area contributed by atoms with Gasteiger partial charge in [-0.3, -0.25) is 0 Å². The maximum atomic E-state index is 9.01. The van der Waals surface area contributed by atoms with Gasteiger partial charge in [0.25, 0.3) is 0 Å². The van der Waals surface area contributed by atoms with Gasteiger partial charge in [0.15, 0.2) is 0 Å². The summed E-state index contributed by atoms with van der Waals surface area (Å²) in [5.74, 6) is 0.755. The summed E-state index contributed by atoms with van der Waals surface area (Å²) in [5.41, 5.74) is 0. The summed E-state index contributed by atoms with van der Waals surface area (Å²) in [6.45, 7) is 6.29. The third kappa shape index (κ3) is 3.94. The molecule has 2 aliphatic rings. The van der Waals surface area contributed by atoms with E-state index in [1.165, 1.54) is 58.2 Å². The van der Waals surface area contributed by atoms with Gasteiger partial charge in [-0.05, 0) is 64.0 Å². The van der Waals surface area contributed by atoms with Crippen LogP contribution in [-0.4, -0.2) is 48.3 Å². The standard InChI is InChI=1S/C15H30N2O/c1-2-9-16-14-3-5-15(6-4-14)17-10-7-13(12-17)8-11-18/h13-16,18H,2-12H2,1H3. The Labute approximate surface area is 112 Å². The Morgan fingerprint density at radius 1 is 1.17 bits per heavy atom. The van der Waals surface area contributed by atoms with E-state index in [1.54, 1.807) is 0 Å². The van der Waals surface area contributed by atoms with Crippen molar-refractivity contribution in [2.45, 2.75) is 64.0 Å². The molecule has 18 heavy (non-hydrogen) atoms. The van der Waals surface area contributed by atoms with Gasteiger partial charge in [0, 0.05) is 25.2 Å². The number of aliphatic hydroxyl groups excluding tert-OH is 1. The van der Waals surface area contributed by atoms with Crippen molar-refractivity contribution in [3.63, 3.8) is 0 Å². The first-order chi connectivity index (χ1) is 8.83. The van der Waals surface area contributed by atoms with Crippen LogP contribution in [0, 0.1) is 5.92 Å². The van der Waals surface area contributed by atoms with Gasteiger partial charge in [-0.15, -0.1) is 0 Å². The van der Waals surface area contributed by atoms with Gasteiger partial charge >= 0.3 is 0 Å². The lowest BCUT2D eigenvalue weighted by molar-refractivity contribution is 0.164. The van der Waals surface area contributed by atoms with Crippen LogP contribution >= 0.6 is 0 Å². The van der Waals surface area contributed by atoms with Crippen molar-refractivity contribution in [2.75, 3.05) is 26.2 Å². The smallest absolute Gasteiger partial charge is 0.0434 e. The van der Waals surface area contributed by atoms with Crippen LogP contribution in [0.5, 0.6) is 0 Å².